The van der Waals surface area contributed by atoms with Gasteiger partial charge in [0.25, 0.3) is 0 Å². The molecule has 3 heteroatoms. The van der Waals surface area contributed by atoms with Gasteiger partial charge >= 0.3 is 0 Å². The van der Waals surface area contributed by atoms with E-state index in [1.54, 1.807) is 0 Å². The van der Waals surface area contributed by atoms with Gasteiger partial charge in [0, 0.05) is 19.6 Å². The van der Waals surface area contributed by atoms with Gasteiger partial charge in [-0.05, 0) is 48.2 Å². The van der Waals surface area contributed by atoms with Crippen LogP contribution in [-0.4, -0.2) is 29.6 Å². The molecule has 0 radical (unpaired) electrons. The molecule has 1 saturated heterocycles. The largest absolute Gasteiger partial charge is 0.457 e. The van der Waals surface area contributed by atoms with Gasteiger partial charge in [0.2, 0.25) is 0 Å². The van der Waals surface area contributed by atoms with Crippen molar-refractivity contribution in [2.24, 2.45) is 0 Å². The van der Waals surface area contributed by atoms with Crippen LogP contribution in [0.25, 0.3) is 6.08 Å². The lowest BCUT2D eigenvalue weighted by atomic mass is 9.84. The second kappa shape index (κ2) is 9.08. The summed E-state index contributed by atoms with van der Waals surface area (Å²) in [5.41, 5.74) is 1.43. The number of benzene rings is 3. The molecule has 0 amide bonds. The summed E-state index contributed by atoms with van der Waals surface area (Å²) >= 11 is 0. The summed E-state index contributed by atoms with van der Waals surface area (Å²) in [5, 5.41) is 11.2. The topological polar surface area (TPSA) is 32.7 Å². The van der Waals surface area contributed by atoms with Crippen molar-refractivity contribution in [2.45, 2.75) is 18.4 Å². The van der Waals surface area contributed by atoms with Crippen molar-refractivity contribution in [1.29, 1.82) is 0 Å². The number of ether oxygens (including phenoxy) is 1. The third kappa shape index (κ3) is 5.14. The summed E-state index contributed by atoms with van der Waals surface area (Å²) in [7, 11) is 0. The summed E-state index contributed by atoms with van der Waals surface area (Å²) in [6, 6.07) is 28.0. The van der Waals surface area contributed by atoms with Crippen LogP contribution in [-0.2, 0) is 5.60 Å². The minimum absolute atomic E-state index is 0.741. The third-order valence-electron chi connectivity index (χ3n) is 5.53. The minimum Gasteiger partial charge on any atom is -0.457 e. The van der Waals surface area contributed by atoms with Crippen LogP contribution in [0.4, 0.5) is 0 Å². The zero-order chi connectivity index (χ0) is 19.9. The summed E-state index contributed by atoms with van der Waals surface area (Å²) in [5.74, 6) is 1.60. The Morgan fingerprint density at radius 2 is 1.38 bits per heavy atom. The van der Waals surface area contributed by atoms with Crippen molar-refractivity contribution in [3.63, 3.8) is 0 Å². The van der Waals surface area contributed by atoms with Gasteiger partial charge in [0.1, 0.15) is 11.5 Å². The highest BCUT2D eigenvalue weighted by atomic mass is 16.5. The quantitative estimate of drug-likeness (QED) is 0.610. The monoisotopic (exact) mass is 385 g/mol. The second-order valence-electron chi connectivity index (χ2n) is 7.58. The molecule has 0 aliphatic carbocycles. The number of para-hydroxylation sites is 1. The molecule has 4 rings (SSSR count). The van der Waals surface area contributed by atoms with E-state index >= 15 is 0 Å². The zero-order valence-electron chi connectivity index (χ0n) is 16.6. The van der Waals surface area contributed by atoms with Crippen LogP contribution in [0, 0.1) is 0 Å². The van der Waals surface area contributed by atoms with E-state index in [9.17, 15) is 5.11 Å². The minimum atomic E-state index is -0.759. The number of piperidine rings is 1. The number of likely N-dealkylation sites (tertiary alicyclic amines) is 1. The van der Waals surface area contributed by atoms with Crippen LogP contribution in [0.2, 0.25) is 0 Å². The molecule has 3 aromatic carbocycles. The van der Waals surface area contributed by atoms with Gasteiger partial charge in [-0.3, -0.25) is 4.90 Å². The molecular formula is C26H27NO2. The maximum atomic E-state index is 11.2. The predicted octanol–water partition coefficient (Wildman–Crippen LogP) is 5.48. The SMILES string of the molecule is OC1(c2ccc(Oc3ccccc3)cc2)CCN(C/C=C/c2ccccc2)CC1. The molecule has 1 aliphatic heterocycles. The van der Waals surface area contributed by atoms with Gasteiger partial charge in [-0.15, -0.1) is 0 Å². The van der Waals surface area contributed by atoms with Gasteiger partial charge < -0.3 is 9.84 Å². The number of hydrogen-bond acceptors (Lipinski definition) is 3. The van der Waals surface area contributed by atoms with Crippen LogP contribution in [0.5, 0.6) is 11.5 Å². The highest BCUT2D eigenvalue weighted by molar-refractivity contribution is 5.48. The van der Waals surface area contributed by atoms with Crippen LogP contribution in [0.1, 0.15) is 24.0 Å². The second-order valence-corrected chi connectivity index (χ2v) is 7.58. The molecule has 29 heavy (non-hydrogen) atoms. The van der Waals surface area contributed by atoms with Crippen LogP contribution in [0.3, 0.4) is 0 Å². The normalized spacial score (nSPS) is 16.7. The molecule has 0 atom stereocenters. The highest BCUT2D eigenvalue weighted by Crippen LogP contribution is 2.34. The first-order valence-electron chi connectivity index (χ1n) is 10.2. The Morgan fingerprint density at radius 1 is 0.793 bits per heavy atom. The van der Waals surface area contributed by atoms with Gasteiger partial charge in [-0.2, -0.15) is 0 Å². The molecule has 1 aliphatic rings. The number of hydrogen-bond donors (Lipinski definition) is 1. The van der Waals surface area contributed by atoms with Crippen molar-refractivity contribution in [2.75, 3.05) is 19.6 Å². The average molecular weight is 386 g/mol. The third-order valence-corrected chi connectivity index (χ3v) is 5.53. The fourth-order valence-electron chi connectivity index (χ4n) is 3.75. The van der Waals surface area contributed by atoms with E-state index in [1.165, 1.54) is 5.56 Å². The van der Waals surface area contributed by atoms with E-state index in [0.29, 0.717) is 0 Å². The van der Waals surface area contributed by atoms with E-state index in [1.807, 2.05) is 60.7 Å². The molecule has 0 aromatic heterocycles. The Balaban J connectivity index is 1.31. The van der Waals surface area contributed by atoms with E-state index in [-0.39, 0.29) is 0 Å². The fourth-order valence-corrected chi connectivity index (χ4v) is 3.75. The molecule has 1 heterocycles. The van der Waals surface area contributed by atoms with Gasteiger partial charge in [-0.25, -0.2) is 0 Å². The summed E-state index contributed by atoms with van der Waals surface area (Å²) in [6.45, 7) is 2.69. The lowest BCUT2D eigenvalue weighted by Gasteiger charge is -2.38. The maximum Gasteiger partial charge on any atom is 0.127 e. The maximum absolute atomic E-state index is 11.2. The molecule has 0 spiro atoms. The Kier molecular flexibility index (Phi) is 6.09. The van der Waals surface area contributed by atoms with E-state index in [4.69, 9.17) is 4.74 Å². The Bertz CT molecular complexity index is 912. The van der Waals surface area contributed by atoms with Crippen LogP contribution < -0.4 is 4.74 Å². The lowest BCUT2D eigenvalue weighted by molar-refractivity contribution is -0.0233. The average Bonchev–Trinajstić information content (AvgIpc) is 2.77. The standard InChI is InChI=1S/C26H27NO2/c28-26(23-13-15-25(16-14-23)29-24-11-5-2-6-12-24)17-20-27(21-18-26)19-7-10-22-8-3-1-4-9-22/h1-16,28H,17-21H2/b10-7+. The lowest BCUT2D eigenvalue weighted by Crippen LogP contribution is -2.42. The molecule has 148 valence electrons. The smallest absolute Gasteiger partial charge is 0.127 e. The Labute approximate surface area is 172 Å². The van der Waals surface area contributed by atoms with Crippen molar-refractivity contribution in [3.05, 3.63) is 102 Å². The first-order valence-corrected chi connectivity index (χ1v) is 10.2. The molecule has 0 unspecified atom stereocenters. The summed E-state index contributed by atoms with van der Waals surface area (Å²) in [4.78, 5) is 2.39. The first kappa shape index (κ1) is 19.4. The Hall–Kier alpha value is -2.88. The van der Waals surface area contributed by atoms with Gasteiger partial charge in [0.15, 0.2) is 0 Å². The number of aliphatic hydroxyl groups is 1. The van der Waals surface area contributed by atoms with E-state index in [0.717, 1.165) is 49.5 Å². The fraction of sp³-hybridized carbons (Fsp3) is 0.231. The zero-order valence-corrected chi connectivity index (χ0v) is 16.6. The molecule has 1 N–H and O–H groups in total. The van der Waals surface area contributed by atoms with E-state index in [2.05, 4.69) is 41.3 Å². The molecule has 3 aromatic rings. The molecule has 3 nitrogen and oxygen atoms in total. The van der Waals surface area contributed by atoms with E-state index < -0.39 is 5.60 Å². The van der Waals surface area contributed by atoms with Gasteiger partial charge in [-0.1, -0.05) is 72.8 Å². The number of nitrogens with zero attached hydrogens (tertiary/aromatic N) is 1. The summed E-state index contributed by atoms with van der Waals surface area (Å²) < 4.78 is 5.85. The highest BCUT2D eigenvalue weighted by Gasteiger charge is 2.33. The van der Waals surface area contributed by atoms with Crippen molar-refractivity contribution in [3.8, 4) is 11.5 Å². The first-order chi connectivity index (χ1) is 14.2. The van der Waals surface area contributed by atoms with Gasteiger partial charge in [0.05, 0.1) is 5.60 Å². The predicted molar refractivity (Wildman–Crippen MR) is 118 cm³/mol. The number of rotatable bonds is 6. The van der Waals surface area contributed by atoms with Crippen molar-refractivity contribution in [1.82, 2.24) is 4.90 Å². The Morgan fingerprint density at radius 3 is 2.03 bits per heavy atom. The molecule has 0 saturated carbocycles. The van der Waals surface area contributed by atoms with Crippen molar-refractivity contribution >= 4 is 6.08 Å². The van der Waals surface area contributed by atoms with Crippen LogP contribution >= 0.6 is 0 Å². The van der Waals surface area contributed by atoms with Crippen LogP contribution in [0.15, 0.2) is 91.0 Å². The summed E-state index contributed by atoms with van der Waals surface area (Å²) in [6.07, 6.45) is 5.85. The van der Waals surface area contributed by atoms with Crippen molar-refractivity contribution < 1.29 is 9.84 Å². The molecule has 0 bridgehead atoms. The molecule has 1 fully saturated rings. The molecular weight excluding hydrogens is 358 g/mol.